The lowest BCUT2D eigenvalue weighted by molar-refractivity contribution is 0.250. The molecule has 1 aromatic carbocycles. The number of nitrogens with zero attached hydrogens (tertiary/aromatic N) is 2. The van der Waals surface area contributed by atoms with Gasteiger partial charge in [-0.05, 0) is 43.9 Å². The second-order valence-corrected chi connectivity index (χ2v) is 6.31. The molecule has 2 amide bonds. The lowest BCUT2D eigenvalue weighted by atomic mass is 10.1. The molecule has 2 N–H and O–H groups in total. The van der Waals surface area contributed by atoms with Crippen LogP contribution in [0.25, 0.3) is 11.3 Å². The third kappa shape index (κ3) is 4.73. The summed E-state index contributed by atoms with van der Waals surface area (Å²) in [5.41, 5.74) is 2.43. The number of carbonyl (C=O) groups is 1. The summed E-state index contributed by atoms with van der Waals surface area (Å²) in [5.74, 6) is 0.971. The van der Waals surface area contributed by atoms with Crippen molar-refractivity contribution in [3.8, 4) is 11.3 Å². The van der Waals surface area contributed by atoms with Crippen LogP contribution in [0, 0.1) is 0 Å². The number of amides is 2. The van der Waals surface area contributed by atoms with Gasteiger partial charge in [0, 0.05) is 17.3 Å². The van der Waals surface area contributed by atoms with Crippen molar-refractivity contribution < 1.29 is 4.79 Å². The molecule has 2 aromatic rings. The summed E-state index contributed by atoms with van der Waals surface area (Å²) >= 11 is 1.66. The van der Waals surface area contributed by atoms with Crippen molar-refractivity contribution in [2.75, 3.05) is 11.1 Å². The van der Waals surface area contributed by atoms with Crippen LogP contribution in [0.5, 0.6) is 0 Å². The van der Waals surface area contributed by atoms with Crippen LogP contribution >= 0.6 is 11.8 Å². The second-order valence-electron chi connectivity index (χ2n) is 5.02. The molecule has 116 valence electrons. The van der Waals surface area contributed by atoms with Crippen LogP contribution in [0.3, 0.4) is 0 Å². The van der Waals surface area contributed by atoms with Gasteiger partial charge < -0.3 is 10.6 Å². The van der Waals surface area contributed by atoms with Gasteiger partial charge in [-0.3, -0.25) is 0 Å². The van der Waals surface area contributed by atoms with E-state index in [1.54, 1.807) is 11.8 Å². The van der Waals surface area contributed by atoms with E-state index in [1.165, 1.54) is 0 Å². The molecule has 22 heavy (non-hydrogen) atoms. The Kier molecular flexibility index (Phi) is 5.77. The Morgan fingerprint density at radius 2 is 2.05 bits per heavy atom. The number of urea groups is 1. The van der Waals surface area contributed by atoms with Crippen LogP contribution < -0.4 is 10.6 Å². The maximum atomic E-state index is 11.7. The molecule has 0 saturated carbocycles. The molecule has 0 aliphatic rings. The fraction of sp³-hybridized carbons (Fsp3) is 0.312. The molecular formula is C16H20N4OS. The highest BCUT2D eigenvalue weighted by molar-refractivity contribution is 7.99. The highest BCUT2D eigenvalue weighted by atomic mass is 32.2. The number of benzene rings is 1. The van der Waals surface area contributed by atoms with Gasteiger partial charge in [0.05, 0.1) is 5.69 Å². The number of nitrogens with one attached hydrogen (secondary N) is 2. The molecule has 5 nitrogen and oxygen atoms in total. The Bertz CT molecular complexity index is 628. The first-order chi connectivity index (χ1) is 10.6. The Hall–Kier alpha value is -2.08. The van der Waals surface area contributed by atoms with Crippen molar-refractivity contribution in [2.24, 2.45) is 0 Å². The Balaban J connectivity index is 2.12. The number of thioether (sulfide) groups is 1. The molecular weight excluding hydrogens is 296 g/mol. The van der Waals surface area contributed by atoms with Crippen LogP contribution in [0.4, 0.5) is 10.5 Å². The van der Waals surface area contributed by atoms with Crippen molar-refractivity contribution >= 4 is 23.5 Å². The third-order valence-corrected chi connectivity index (χ3v) is 3.57. The summed E-state index contributed by atoms with van der Waals surface area (Å²) in [6, 6.07) is 11.3. The van der Waals surface area contributed by atoms with Crippen molar-refractivity contribution in [2.45, 2.75) is 31.8 Å². The minimum absolute atomic E-state index is 0.0951. The zero-order valence-electron chi connectivity index (χ0n) is 13.0. The maximum Gasteiger partial charge on any atom is 0.319 e. The summed E-state index contributed by atoms with van der Waals surface area (Å²) in [6.45, 7) is 5.92. The number of anilines is 1. The van der Waals surface area contributed by atoms with Crippen LogP contribution in [0.2, 0.25) is 0 Å². The molecule has 0 bridgehead atoms. The molecule has 0 radical (unpaired) electrons. The summed E-state index contributed by atoms with van der Waals surface area (Å²) in [4.78, 5) is 11.7. The molecule has 0 fully saturated rings. The van der Waals surface area contributed by atoms with Gasteiger partial charge in [0.2, 0.25) is 0 Å². The number of aromatic nitrogens is 2. The number of hydrogen-bond acceptors (Lipinski definition) is 4. The first kappa shape index (κ1) is 16.3. The van der Waals surface area contributed by atoms with Gasteiger partial charge in [0.1, 0.15) is 5.03 Å². The fourth-order valence-electron chi connectivity index (χ4n) is 1.88. The van der Waals surface area contributed by atoms with Gasteiger partial charge in [-0.15, -0.1) is 22.0 Å². The smallest absolute Gasteiger partial charge is 0.319 e. The SMILES string of the molecule is CCSc1ccc(-c2cccc(NC(=O)NC(C)C)c2)nn1. The van der Waals surface area contributed by atoms with Crippen molar-refractivity contribution in [3.63, 3.8) is 0 Å². The molecule has 0 spiro atoms. The molecule has 6 heteroatoms. The topological polar surface area (TPSA) is 66.9 Å². The van der Waals surface area contributed by atoms with E-state index in [1.807, 2.05) is 50.2 Å². The van der Waals surface area contributed by atoms with Crippen LogP contribution in [-0.4, -0.2) is 28.0 Å². The normalized spacial score (nSPS) is 10.5. The zero-order chi connectivity index (χ0) is 15.9. The Morgan fingerprint density at radius 3 is 2.68 bits per heavy atom. The van der Waals surface area contributed by atoms with Gasteiger partial charge in [0.25, 0.3) is 0 Å². The Labute approximate surface area is 134 Å². The number of rotatable bonds is 5. The van der Waals surface area contributed by atoms with Gasteiger partial charge in [-0.25, -0.2) is 4.79 Å². The van der Waals surface area contributed by atoms with Crippen molar-refractivity contribution in [3.05, 3.63) is 36.4 Å². The number of hydrogen-bond donors (Lipinski definition) is 2. The van der Waals surface area contributed by atoms with Gasteiger partial charge in [-0.1, -0.05) is 19.1 Å². The third-order valence-electron chi connectivity index (χ3n) is 2.77. The van der Waals surface area contributed by atoms with E-state index in [0.29, 0.717) is 0 Å². The fourth-order valence-corrected chi connectivity index (χ4v) is 2.44. The average molecular weight is 316 g/mol. The minimum atomic E-state index is -0.215. The molecule has 2 rings (SSSR count). The standard InChI is InChI=1S/C16H20N4OS/c1-4-22-15-9-8-14(19-20-15)12-6-5-7-13(10-12)18-16(21)17-11(2)3/h5-11H,4H2,1-3H3,(H2,17,18,21). The van der Waals surface area contributed by atoms with E-state index < -0.39 is 0 Å². The quantitative estimate of drug-likeness (QED) is 0.824. The predicted octanol–water partition coefficient (Wildman–Crippen LogP) is 3.79. The number of carbonyl (C=O) groups excluding carboxylic acids is 1. The van der Waals surface area contributed by atoms with E-state index >= 15 is 0 Å². The second kappa shape index (κ2) is 7.79. The molecule has 1 aromatic heterocycles. The lowest BCUT2D eigenvalue weighted by Crippen LogP contribution is -2.34. The molecule has 0 unspecified atom stereocenters. The molecule has 0 atom stereocenters. The predicted molar refractivity (Wildman–Crippen MR) is 91.2 cm³/mol. The van der Waals surface area contributed by atoms with Gasteiger partial charge in [-0.2, -0.15) is 0 Å². The van der Waals surface area contributed by atoms with Crippen LogP contribution in [0.15, 0.2) is 41.4 Å². The van der Waals surface area contributed by atoms with E-state index in [-0.39, 0.29) is 12.1 Å². The summed E-state index contributed by atoms with van der Waals surface area (Å²) in [7, 11) is 0. The maximum absolute atomic E-state index is 11.7. The minimum Gasteiger partial charge on any atom is -0.336 e. The largest absolute Gasteiger partial charge is 0.336 e. The van der Waals surface area contributed by atoms with E-state index in [0.717, 1.165) is 27.7 Å². The highest BCUT2D eigenvalue weighted by Gasteiger charge is 2.06. The first-order valence-electron chi connectivity index (χ1n) is 7.23. The summed E-state index contributed by atoms with van der Waals surface area (Å²) in [6.07, 6.45) is 0. The van der Waals surface area contributed by atoms with Gasteiger partial charge in [0.15, 0.2) is 0 Å². The van der Waals surface area contributed by atoms with E-state index in [4.69, 9.17) is 0 Å². The van der Waals surface area contributed by atoms with E-state index in [2.05, 4.69) is 27.8 Å². The summed E-state index contributed by atoms with van der Waals surface area (Å²) < 4.78 is 0. The highest BCUT2D eigenvalue weighted by Crippen LogP contribution is 2.22. The molecule has 1 heterocycles. The van der Waals surface area contributed by atoms with Crippen molar-refractivity contribution in [1.29, 1.82) is 0 Å². The zero-order valence-corrected chi connectivity index (χ0v) is 13.8. The average Bonchev–Trinajstić information content (AvgIpc) is 2.47. The lowest BCUT2D eigenvalue weighted by Gasteiger charge is -2.11. The molecule has 0 saturated heterocycles. The van der Waals surface area contributed by atoms with E-state index in [9.17, 15) is 4.79 Å². The monoisotopic (exact) mass is 316 g/mol. The van der Waals surface area contributed by atoms with Crippen LogP contribution in [-0.2, 0) is 0 Å². The van der Waals surface area contributed by atoms with Crippen LogP contribution in [0.1, 0.15) is 20.8 Å². The first-order valence-corrected chi connectivity index (χ1v) is 8.21. The molecule has 0 aliphatic carbocycles. The molecule has 0 aliphatic heterocycles. The summed E-state index contributed by atoms with van der Waals surface area (Å²) in [5, 5.41) is 14.9. The Morgan fingerprint density at radius 1 is 1.23 bits per heavy atom. The van der Waals surface area contributed by atoms with Gasteiger partial charge >= 0.3 is 6.03 Å². The van der Waals surface area contributed by atoms with Crippen molar-refractivity contribution in [1.82, 2.24) is 15.5 Å².